The zero-order chi connectivity index (χ0) is 17.4. The highest BCUT2D eigenvalue weighted by molar-refractivity contribution is 5.67. The molecule has 0 fully saturated rings. The molecule has 2 aromatic rings. The lowest BCUT2D eigenvalue weighted by Gasteiger charge is -2.18. The van der Waals surface area contributed by atoms with Gasteiger partial charge in [0.05, 0.1) is 18.0 Å². The van der Waals surface area contributed by atoms with Crippen molar-refractivity contribution in [1.82, 2.24) is 10.3 Å². The summed E-state index contributed by atoms with van der Waals surface area (Å²) >= 11 is 0. The molecule has 4 N–H and O–H groups in total. The molecular formula is C17H20N2O5. The van der Waals surface area contributed by atoms with Crippen LogP contribution in [0.25, 0.3) is 0 Å². The number of alkyl carbamates (subject to hydrolysis) is 1. The number of pyridine rings is 1. The molecule has 0 bridgehead atoms. The molecule has 0 aliphatic rings. The molecule has 7 nitrogen and oxygen atoms in total. The van der Waals surface area contributed by atoms with Crippen LogP contribution in [0.5, 0.6) is 0 Å². The Morgan fingerprint density at radius 1 is 1.12 bits per heavy atom. The molecule has 128 valence electrons. The van der Waals surface area contributed by atoms with Crippen LogP contribution in [0.4, 0.5) is 4.79 Å². The third-order valence-corrected chi connectivity index (χ3v) is 3.33. The number of carbonyl (C=O) groups excluding carboxylic acids is 1. The molecule has 0 spiro atoms. The summed E-state index contributed by atoms with van der Waals surface area (Å²) in [7, 11) is 0. The Labute approximate surface area is 139 Å². The van der Waals surface area contributed by atoms with Gasteiger partial charge in [-0.2, -0.15) is 0 Å². The van der Waals surface area contributed by atoms with Gasteiger partial charge in [-0.05, 0) is 17.7 Å². The number of rotatable bonds is 7. The maximum Gasteiger partial charge on any atom is 0.407 e. The van der Waals surface area contributed by atoms with E-state index in [1.54, 1.807) is 12.1 Å². The minimum Gasteiger partial charge on any atom is -0.445 e. The Balaban J connectivity index is 1.79. The molecule has 0 saturated heterocycles. The molecule has 0 aliphatic carbocycles. The fourth-order valence-electron chi connectivity index (χ4n) is 2.02. The Morgan fingerprint density at radius 3 is 2.58 bits per heavy atom. The number of nitrogens with zero attached hydrogens (tertiary/aromatic N) is 1. The smallest absolute Gasteiger partial charge is 0.407 e. The SMILES string of the molecule is O=C(NCC(O)C(O)c1cccc(CO)n1)OCc1ccccc1. The highest BCUT2D eigenvalue weighted by Crippen LogP contribution is 2.14. The van der Waals surface area contributed by atoms with E-state index in [2.05, 4.69) is 10.3 Å². The first-order valence-electron chi connectivity index (χ1n) is 7.47. The van der Waals surface area contributed by atoms with Crippen molar-refractivity contribution in [3.63, 3.8) is 0 Å². The fourth-order valence-corrected chi connectivity index (χ4v) is 2.02. The minimum absolute atomic E-state index is 0.116. The maximum atomic E-state index is 11.6. The molecule has 1 amide bonds. The second-order valence-corrected chi connectivity index (χ2v) is 5.17. The van der Waals surface area contributed by atoms with E-state index in [4.69, 9.17) is 9.84 Å². The van der Waals surface area contributed by atoms with Crippen molar-refractivity contribution in [2.24, 2.45) is 0 Å². The molecule has 24 heavy (non-hydrogen) atoms. The van der Waals surface area contributed by atoms with Gasteiger partial charge in [-0.1, -0.05) is 36.4 Å². The number of aromatic nitrogens is 1. The van der Waals surface area contributed by atoms with E-state index in [-0.39, 0.29) is 25.5 Å². The molecule has 0 saturated carbocycles. The van der Waals surface area contributed by atoms with Gasteiger partial charge in [0, 0.05) is 6.54 Å². The Bertz CT molecular complexity index is 650. The van der Waals surface area contributed by atoms with Crippen LogP contribution in [0.1, 0.15) is 23.1 Å². The largest absolute Gasteiger partial charge is 0.445 e. The van der Waals surface area contributed by atoms with Crippen molar-refractivity contribution < 1.29 is 24.9 Å². The molecule has 1 aromatic carbocycles. The van der Waals surface area contributed by atoms with Crippen LogP contribution in [0.3, 0.4) is 0 Å². The lowest BCUT2D eigenvalue weighted by molar-refractivity contribution is 0.0157. The van der Waals surface area contributed by atoms with Crippen LogP contribution >= 0.6 is 0 Å². The summed E-state index contributed by atoms with van der Waals surface area (Å²) in [5.41, 5.74) is 1.45. The van der Waals surface area contributed by atoms with Crippen LogP contribution < -0.4 is 5.32 Å². The van der Waals surface area contributed by atoms with Crippen molar-refractivity contribution in [1.29, 1.82) is 0 Å². The normalized spacial score (nSPS) is 13.1. The zero-order valence-electron chi connectivity index (χ0n) is 13.0. The van der Waals surface area contributed by atoms with Crippen LogP contribution in [-0.4, -0.2) is 39.0 Å². The molecule has 2 unspecified atom stereocenters. The second-order valence-electron chi connectivity index (χ2n) is 5.17. The second kappa shape index (κ2) is 8.97. The Hall–Kier alpha value is -2.48. The number of nitrogens with one attached hydrogen (secondary N) is 1. The maximum absolute atomic E-state index is 11.6. The van der Waals surface area contributed by atoms with Gasteiger partial charge in [-0.25, -0.2) is 4.79 Å². The average Bonchev–Trinajstić information content (AvgIpc) is 2.64. The zero-order valence-corrected chi connectivity index (χ0v) is 13.0. The van der Waals surface area contributed by atoms with Gasteiger partial charge in [0.25, 0.3) is 0 Å². The first kappa shape index (κ1) is 17.9. The number of hydrogen-bond acceptors (Lipinski definition) is 6. The van der Waals surface area contributed by atoms with Crippen molar-refractivity contribution in [2.75, 3.05) is 6.54 Å². The predicted octanol–water partition coefficient (Wildman–Crippen LogP) is 0.895. The first-order chi connectivity index (χ1) is 11.6. The van der Waals surface area contributed by atoms with Crippen molar-refractivity contribution in [2.45, 2.75) is 25.4 Å². The molecule has 7 heteroatoms. The molecule has 0 aliphatic heterocycles. The van der Waals surface area contributed by atoms with E-state index in [0.29, 0.717) is 5.69 Å². The molecule has 1 aromatic heterocycles. The summed E-state index contributed by atoms with van der Waals surface area (Å²) in [5, 5.41) is 31.4. The predicted molar refractivity (Wildman–Crippen MR) is 85.8 cm³/mol. The third-order valence-electron chi connectivity index (χ3n) is 3.33. The van der Waals surface area contributed by atoms with Gasteiger partial charge in [0.15, 0.2) is 0 Å². The monoisotopic (exact) mass is 332 g/mol. The summed E-state index contributed by atoms with van der Waals surface area (Å²) in [6.07, 6.45) is -3.23. The number of aliphatic hydroxyl groups is 3. The van der Waals surface area contributed by atoms with Crippen LogP contribution in [0, 0.1) is 0 Å². The summed E-state index contributed by atoms with van der Waals surface area (Å²) in [4.78, 5) is 15.6. The van der Waals surface area contributed by atoms with E-state index in [0.717, 1.165) is 5.56 Å². The van der Waals surface area contributed by atoms with E-state index in [1.807, 2.05) is 30.3 Å². The van der Waals surface area contributed by atoms with Gasteiger partial charge in [-0.3, -0.25) is 4.98 Å². The van der Waals surface area contributed by atoms with E-state index in [1.165, 1.54) is 6.07 Å². The number of amides is 1. The Morgan fingerprint density at radius 2 is 1.88 bits per heavy atom. The van der Waals surface area contributed by atoms with Gasteiger partial charge in [-0.15, -0.1) is 0 Å². The number of benzene rings is 1. The fraction of sp³-hybridized carbons (Fsp3) is 0.294. The van der Waals surface area contributed by atoms with E-state index in [9.17, 15) is 15.0 Å². The van der Waals surface area contributed by atoms with Crippen LogP contribution in [0.15, 0.2) is 48.5 Å². The lowest BCUT2D eigenvalue weighted by atomic mass is 10.1. The summed E-state index contributed by atoms with van der Waals surface area (Å²) in [5.74, 6) is 0. The first-order valence-corrected chi connectivity index (χ1v) is 7.47. The van der Waals surface area contributed by atoms with Gasteiger partial charge in [0.2, 0.25) is 0 Å². The summed E-state index contributed by atoms with van der Waals surface area (Å²) in [6.45, 7) is -0.341. The van der Waals surface area contributed by atoms with E-state index >= 15 is 0 Å². The number of carbonyl (C=O) groups is 1. The highest BCUT2D eigenvalue weighted by atomic mass is 16.5. The highest BCUT2D eigenvalue weighted by Gasteiger charge is 2.20. The van der Waals surface area contributed by atoms with Gasteiger partial charge < -0.3 is 25.4 Å². The van der Waals surface area contributed by atoms with Crippen LogP contribution in [-0.2, 0) is 18.0 Å². The standard InChI is InChI=1S/C17H20N2O5/c20-10-13-7-4-8-14(19-13)16(22)15(21)9-18-17(23)24-11-12-5-2-1-3-6-12/h1-8,15-16,20-22H,9-11H2,(H,18,23). The lowest BCUT2D eigenvalue weighted by Crippen LogP contribution is -2.36. The third kappa shape index (κ3) is 5.31. The van der Waals surface area contributed by atoms with Gasteiger partial charge in [0.1, 0.15) is 18.8 Å². The molecule has 0 radical (unpaired) electrons. The number of aliphatic hydroxyl groups excluding tert-OH is 3. The summed E-state index contributed by atoms with van der Waals surface area (Å²) < 4.78 is 5.01. The van der Waals surface area contributed by atoms with Crippen molar-refractivity contribution in [3.8, 4) is 0 Å². The number of hydrogen-bond donors (Lipinski definition) is 4. The average molecular weight is 332 g/mol. The van der Waals surface area contributed by atoms with Crippen molar-refractivity contribution in [3.05, 3.63) is 65.5 Å². The van der Waals surface area contributed by atoms with Gasteiger partial charge >= 0.3 is 6.09 Å². The minimum atomic E-state index is -1.29. The molecular weight excluding hydrogens is 312 g/mol. The summed E-state index contributed by atoms with van der Waals surface area (Å²) in [6, 6.07) is 13.9. The topological polar surface area (TPSA) is 112 Å². The molecule has 1 heterocycles. The van der Waals surface area contributed by atoms with E-state index < -0.39 is 18.3 Å². The van der Waals surface area contributed by atoms with Crippen molar-refractivity contribution >= 4 is 6.09 Å². The Kier molecular flexibility index (Phi) is 6.68. The quantitative estimate of drug-likeness (QED) is 0.599. The molecule has 2 rings (SSSR count). The van der Waals surface area contributed by atoms with Crippen LogP contribution in [0.2, 0.25) is 0 Å². The molecule has 2 atom stereocenters. The number of ether oxygens (including phenoxy) is 1.